The lowest BCUT2D eigenvalue weighted by Gasteiger charge is -2.18. The van der Waals surface area contributed by atoms with Crippen molar-refractivity contribution in [2.24, 2.45) is 0 Å². The Morgan fingerprint density at radius 1 is 0.259 bits per heavy atom. The van der Waals surface area contributed by atoms with Gasteiger partial charge >= 0.3 is 17.9 Å². The summed E-state index contributed by atoms with van der Waals surface area (Å²) < 4.78 is 16.9. The topological polar surface area (TPSA) is 78.9 Å². The molecule has 1 atom stereocenters. The number of hydrogen-bond donors (Lipinski definition) is 0. The molecular weight excluding hydrogens is 997 g/mol. The van der Waals surface area contributed by atoms with Crippen LogP contribution in [0, 0.1) is 0 Å². The normalized spacial score (nSPS) is 13.2. The highest BCUT2D eigenvalue weighted by Gasteiger charge is 2.19. The highest BCUT2D eigenvalue weighted by atomic mass is 16.6. The predicted molar refractivity (Wildman–Crippen MR) is 352 cm³/mol. The van der Waals surface area contributed by atoms with E-state index in [1.54, 1.807) is 0 Å². The van der Waals surface area contributed by atoms with Crippen LogP contribution in [0.1, 0.15) is 278 Å². The van der Waals surface area contributed by atoms with E-state index in [2.05, 4.69) is 179 Å². The molecule has 6 nitrogen and oxygen atoms in total. The Morgan fingerprint density at radius 2 is 0.481 bits per heavy atom. The van der Waals surface area contributed by atoms with Crippen molar-refractivity contribution >= 4 is 17.9 Å². The van der Waals surface area contributed by atoms with Crippen LogP contribution in [0.25, 0.3) is 0 Å². The zero-order valence-electron chi connectivity index (χ0n) is 52.2. The fraction of sp³-hybridized carbons (Fsp3) is 0.613. The highest BCUT2D eigenvalue weighted by molar-refractivity contribution is 5.71. The maximum atomic E-state index is 12.9. The molecule has 0 radical (unpaired) electrons. The Labute approximate surface area is 499 Å². The molecule has 0 aromatic rings. The van der Waals surface area contributed by atoms with Crippen molar-refractivity contribution in [3.8, 4) is 0 Å². The Kier molecular flexibility index (Phi) is 63.4. The van der Waals surface area contributed by atoms with Crippen molar-refractivity contribution in [2.75, 3.05) is 13.2 Å². The SMILES string of the molecule is CC/C=C\C/C=C\C/C=C\C/C=C\C/C=C\C/C=C\C/C=C\C/C=C\CCCCC(=O)OCC(COC(=O)CCCCCCCCC/C=C\C/C=C\CCCCC)OC(=O)CCCCCCCC/C=C\C/C=C\C/C=C\CCCCC. The molecule has 0 saturated heterocycles. The molecule has 0 aliphatic heterocycles. The first-order valence-corrected chi connectivity index (χ1v) is 33.0. The van der Waals surface area contributed by atoms with Gasteiger partial charge in [0.05, 0.1) is 0 Å². The molecule has 1 unspecified atom stereocenters. The minimum absolute atomic E-state index is 0.108. The molecule has 456 valence electrons. The van der Waals surface area contributed by atoms with Gasteiger partial charge in [-0.25, -0.2) is 0 Å². The summed E-state index contributed by atoms with van der Waals surface area (Å²) in [5.41, 5.74) is 0. The van der Waals surface area contributed by atoms with Crippen molar-refractivity contribution < 1.29 is 28.6 Å². The lowest BCUT2D eigenvalue weighted by molar-refractivity contribution is -0.167. The van der Waals surface area contributed by atoms with Crippen LogP contribution < -0.4 is 0 Å². The lowest BCUT2D eigenvalue weighted by atomic mass is 10.1. The quantitative estimate of drug-likeness (QED) is 0.0261. The van der Waals surface area contributed by atoms with Crippen molar-refractivity contribution in [3.63, 3.8) is 0 Å². The monoisotopic (exact) mass is 1120 g/mol. The van der Waals surface area contributed by atoms with Gasteiger partial charge in [-0.05, 0) is 154 Å². The number of ether oxygens (including phenoxy) is 3. The van der Waals surface area contributed by atoms with Gasteiger partial charge in [-0.2, -0.15) is 0 Å². The zero-order chi connectivity index (χ0) is 58.5. The summed E-state index contributed by atoms with van der Waals surface area (Å²) in [6, 6.07) is 0. The molecule has 6 heteroatoms. The van der Waals surface area contributed by atoms with E-state index >= 15 is 0 Å². The summed E-state index contributed by atoms with van der Waals surface area (Å²) in [6.45, 7) is 6.42. The standard InChI is InChI=1S/C75H120O6/c1-4-7-10-13-16-19-22-25-28-31-33-34-35-36-37-38-39-40-42-44-47-50-53-56-59-62-65-68-74(77)80-71-72(70-79-73(76)67-64-61-58-55-52-49-46-43-30-27-24-21-18-15-12-9-6-3)81-75(78)69-66-63-60-57-54-51-48-45-41-32-29-26-23-20-17-14-11-8-5-2/h7,10,16-21,25-30,33-34,36-37,39-41,44-45,47,53,56,72H,4-6,8-9,11-15,22-24,31-32,35,38,42-43,46,48-52,54-55,57-71H2,1-3H3/b10-7-,19-16-,20-17-,21-18-,28-25-,29-26-,30-27-,34-33-,37-36-,40-39-,45-41-,47-44-,56-53-. The van der Waals surface area contributed by atoms with E-state index in [0.717, 1.165) is 141 Å². The molecular formula is C75H120O6. The average molecular weight is 1120 g/mol. The molecule has 0 heterocycles. The number of carbonyl (C=O) groups excluding carboxylic acids is 3. The van der Waals surface area contributed by atoms with E-state index in [9.17, 15) is 14.4 Å². The molecule has 0 aliphatic rings. The van der Waals surface area contributed by atoms with Gasteiger partial charge in [-0.3, -0.25) is 14.4 Å². The molecule has 0 N–H and O–H groups in total. The van der Waals surface area contributed by atoms with E-state index in [4.69, 9.17) is 14.2 Å². The smallest absolute Gasteiger partial charge is 0.306 e. The average Bonchev–Trinajstić information content (AvgIpc) is 3.47. The Hall–Kier alpha value is -4.97. The first-order valence-electron chi connectivity index (χ1n) is 33.0. The van der Waals surface area contributed by atoms with Gasteiger partial charge in [0.25, 0.3) is 0 Å². The minimum atomic E-state index is -0.816. The van der Waals surface area contributed by atoms with E-state index in [1.165, 1.54) is 89.9 Å². The van der Waals surface area contributed by atoms with Gasteiger partial charge in [0.15, 0.2) is 6.10 Å². The van der Waals surface area contributed by atoms with Gasteiger partial charge in [-0.1, -0.05) is 262 Å². The van der Waals surface area contributed by atoms with Crippen LogP contribution >= 0.6 is 0 Å². The summed E-state index contributed by atoms with van der Waals surface area (Å²) in [5, 5.41) is 0. The molecule has 0 aromatic heterocycles. The number of esters is 3. The number of carbonyl (C=O) groups is 3. The third kappa shape index (κ3) is 65.7. The first-order chi connectivity index (χ1) is 40.0. The maximum Gasteiger partial charge on any atom is 0.306 e. The molecule has 0 amide bonds. The second-order valence-corrected chi connectivity index (χ2v) is 21.3. The van der Waals surface area contributed by atoms with Crippen LogP contribution in [0.3, 0.4) is 0 Å². The van der Waals surface area contributed by atoms with Crippen LogP contribution in [-0.2, 0) is 28.6 Å². The van der Waals surface area contributed by atoms with Crippen molar-refractivity contribution in [1.29, 1.82) is 0 Å². The van der Waals surface area contributed by atoms with Crippen LogP contribution in [-0.4, -0.2) is 37.2 Å². The molecule has 0 saturated carbocycles. The fourth-order valence-corrected chi connectivity index (χ4v) is 8.55. The van der Waals surface area contributed by atoms with E-state index in [1.807, 2.05) is 0 Å². The van der Waals surface area contributed by atoms with Crippen molar-refractivity contribution in [1.82, 2.24) is 0 Å². The summed E-state index contributed by atoms with van der Waals surface area (Å²) in [5.74, 6) is -0.974. The largest absolute Gasteiger partial charge is 0.462 e. The van der Waals surface area contributed by atoms with Crippen LogP contribution in [0.15, 0.2) is 158 Å². The summed E-state index contributed by atoms with van der Waals surface area (Å²) in [4.78, 5) is 38.4. The Balaban J connectivity index is 4.52. The molecule has 0 fully saturated rings. The van der Waals surface area contributed by atoms with Gasteiger partial charge in [0.2, 0.25) is 0 Å². The van der Waals surface area contributed by atoms with Gasteiger partial charge < -0.3 is 14.2 Å². The Bertz CT molecular complexity index is 1810. The fourth-order valence-electron chi connectivity index (χ4n) is 8.55. The second-order valence-electron chi connectivity index (χ2n) is 21.3. The van der Waals surface area contributed by atoms with Crippen LogP contribution in [0.5, 0.6) is 0 Å². The van der Waals surface area contributed by atoms with E-state index in [-0.39, 0.29) is 31.1 Å². The second kappa shape index (κ2) is 67.5. The summed E-state index contributed by atoms with van der Waals surface area (Å²) >= 11 is 0. The lowest BCUT2D eigenvalue weighted by Crippen LogP contribution is -2.30. The molecule has 0 aromatic carbocycles. The Morgan fingerprint density at radius 3 is 0.778 bits per heavy atom. The highest BCUT2D eigenvalue weighted by Crippen LogP contribution is 2.14. The first kappa shape index (κ1) is 76.0. The van der Waals surface area contributed by atoms with Gasteiger partial charge in [0.1, 0.15) is 13.2 Å². The summed E-state index contributed by atoms with van der Waals surface area (Å²) in [6.07, 6.45) is 98.1. The van der Waals surface area contributed by atoms with Crippen LogP contribution in [0.2, 0.25) is 0 Å². The van der Waals surface area contributed by atoms with E-state index in [0.29, 0.717) is 25.7 Å². The van der Waals surface area contributed by atoms with Gasteiger partial charge in [-0.15, -0.1) is 0 Å². The van der Waals surface area contributed by atoms with Crippen molar-refractivity contribution in [3.05, 3.63) is 158 Å². The molecule has 0 bridgehead atoms. The number of hydrogen-bond acceptors (Lipinski definition) is 6. The molecule has 81 heavy (non-hydrogen) atoms. The zero-order valence-corrected chi connectivity index (χ0v) is 52.2. The maximum absolute atomic E-state index is 12.9. The van der Waals surface area contributed by atoms with E-state index < -0.39 is 6.10 Å². The number of rotatable bonds is 58. The molecule has 0 rings (SSSR count). The van der Waals surface area contributed by atoms with Crippen LogP contribution in [0.4, 0.5) is 0 Å². The molecule has 0 aliphatic carbocycles. The molecule has 0 spiro atoms. The number of unbranched alkanes of at least 4 members (excludes halogenated alkanes) is 21. The predicted octanol–water partition coefficient (Wildman–Crippen LogP) is 22.9. The van der Waals surface area contributed by atoms with Gasteiger partial charge in [0, 0.05) is 19.3 Å². The number of allylic oxidation sites excluding steroid dienone is 26. The summed E-state index contributed by atoms with van der Waals surface area (Å²) in [7, 11) is 0. The third-order valence-electron chi connectivity index (χ3n) is 13.5. The third-order valence-corrected chi connectivity index (χ3v) is 13.5. The van der Waals surface area contributed by atoms with Crippen molar-refractivity contribution in [2.45, 2.75) is 284 Å². The minimum Gasteiger partial charge on any atom is -0.462 e.